The fourth-order valence-electron chi connectivity index (χ4n) is 3.76. The number of aromatic amines is 1. The first-order chi connectivity index (χ1) is 15.9. The standard InChI is InChI=1S/C21H22ClF3N6O2S/c1-20(10-27-11-20)31-34(32,33)14-5-3-13(4-6-14)18-15(21(23,24)25)8-12(9-16(18)22)2-7-17-28-19(26)30-29-17/h3-6,8-9,27,31H,2,7,10-11H2,1H3,(H3,26,28,29,30). The lowest BCUT2D eigenvalue weighted by molar-refractivity contribution is -0.137. The Hall–Kier alpha value is -2.67. The lowest BCUT2D eigenvalue weighted by atomic mass is 9.95. The number of rotatable bonds is 7. The number of anilines is 1. The van der Waals surface area contributed by atoms with Gasteiger partial charge in [-0.1, -0.05) is 23.7 Å². The monoisotopic (exact) mass is 514 g/mol. The zero-order valence-corrected chi connectivity index (χ0v) is 19.6. The van der Waals surface area contributed by atoms with Crippen molar-refractivity contribution in [2.24, 2.45) is 0 Å². The van der Waals surface area contributed by atoms with E-state index in [0.717, 1.165) is 6.07 Å². The maximum atomic E-state index is 13.9. The Labute approximate surface area is 199 Å². The zero-order chi connectivity index (χ0) is 24.7. The van der Waals surface area contributed by atoms with Crippen molar-refractivity contribution in [3.8, 4) is 11.1 Å². The highest BCUT2D eigenvalue weighted by molar-refractivity contribution is 7.89. The number of nitrogen functional groups attached to an aromatic ring is 1. The summed E-state index contributed by atoms with van der Waals surface area (Å²) in [6, 6.07) is 7.68. The van der Waals surface area contributed by atoms with E-state index in [9.17, 15) is 21.6 Å². The fourth-order valence-corrected chi connectivity index (χ4v) is 5.52. The average molecular weight is 515 g/mol. The van der Waals surface area contributed by atoms with Crippen LogP contribution in [0.1, 0.15) is 23.9 Å². The molecule has 13 heteroatoms. The van der Waals surface area contributed by atoms with E-state index < -0.39 is 27.3 Å². The predicted molar refractivity (Wildman–Crippen MR) is 122 cm³/mol. The summed E-state index contributed by atoms with van der Waals surface area (Å²) >= 11 is 6.31. The molecule has 5 N–H and O–H groups in total. The second kappa shape index (κ2) is 8.84. The van der Waals surface area contributed by atoms with Crippen LogP contribution in [-0.4, -0.2) is 42.2 Å². The molecule has 0 radical (unpaired) electrons. The van der Waals surface area contributed by atoms with Gasteiger partial charge in [-0.25, -0.2) is 13.1 Å². The van der Waals surface area contributed by atoms with Crippen LogP contribution in [0.15, 0.2) is 41.3 Å². The van der Waals surface area contributed by atoms with Crippen molar-refractivity contribution in [3.63, 3.8) is 0 Å². The molecule has 1 aliphatic heterocycles. The van der Waals surface area contributed by atoms with Crippen LogP contribution in [0.5, 0.6) is 0 Å². The van der Waals surface area contributed by atoms with Crippen LogP contribution >= 0.6 is 11.6 Å². The maximum Gasteiger partial charge on any atom is 0.417 e. The van der Waals surface area contributed by atoms with Crippen molar-refractivity contribution >= 4 is 27.6 Å². The van der Waals surface area contributed by atoms with Crippen molar-refractivity contribution in [1.82, 2.24) is 25.2 Å². The molecule has 0 aliphatic carbocycles. The number of H-pyrrole nitrogens is 1. The molecular weight excluding hydrogens is 493 g/mol. The molecule has 1 saturated heterocycles. The summed E-state index contributed by atoms with van der Waals surface area (Å²) in [5, 5.41) is 9.21. The molecule has 1 aromatic heterocycles. The molecule has 0 unspecified atom stereocenters. The van der Waals surface area contributed by atoms with Gasteiger partial charge in [0.15, 0.2) is 0 Å². The minimum atomic E-state index is -4.68. The summed E-state index contributed by atoms with van der Waals surface area (Å²) in [7, 11) is -3.83. The first-order valence-electron chi connectivity index (χ1n) is 10.3. The Balaban J connectivity index is 1.63. The largest absolute Gasteiger partial charge is 0.417 e. The van der Waals surface area contributed by atoms with Gasteiger partial charge in [-0.3, -0.25) is 5.10 Å². The third-order valence-electron chi connectivity index (χ3n) is 5.52. The first-order valence-corrected chi connectivity index (χ1v) is 12.1. The second-order valence-electron chi connectivity index (χ2n) is 8.43. The highest BCUT2D eigenvalue weighted by Gasteiger charge is 2.37. The molecule has 0 atom stereocenters. The van der Waals surface area contributed by atoms with Crippen molar-refractivity contribution in [1.29, 1.82) is 0 Å². The van der Waals surface area contributed by atoms with Gasteiger partial charge in [0.05, 0.1) is 16.0 Å². The van der Waals surface area contributed by atoms with Gasteiger partial charge in [0.2, 0.25) is 16.0 Å². The number of benzene rings is 2. The highest BCUT2D eigenvalue weighted by Crippen LogP contribution is 2.42. The topological polar surface area (TPSA) is 126 Å². The number of nitrogens with zero attached hydrogens (tertiary/aromatic N) is 2. The van der Waals surface area contributed by atoms with E-state index in [1.54, 1.807) is 6.92 Å². The van der Waals surface area contributed by atoms with Gasteiger partial charge < -0.3 is 11.1 Å². The number of aromatic nitrogens is 3. The summed E-state index contributed by atoms with van der Waals surface area (Å²) < 4.78 is 69.7. The smallest absolute Gasteiger partial charge is 0.367 e. The Bertz CT molecular complexity index is 1310. The van der Waals surface area contributed by atoms with E-state index in [1.165, 1.54) is 30.3 Å². The lowest BCUT2D eigenvalue weighted by Gasteiger charge is -2.39. The molecule has 0 amide bonds. The minimum absolute atomic E-state index is 0.0444. The molecule has 1 aliphatic rings. The molecule has 2 aromatic carbocycles. The second-order valence-corrected chi connectivity index (χ2v) is 10.5. The number of hydrogen-bond acceptors (Lipinski definition) is 6. The van der Waals surface area contributed by atoms with Crippen LogP contribution in [0.3, 0.4) is 0 Å². The third-order valence-corrected chi connectivity index (χ3v) is 7.47. The summed E-state index contributed by atoms with van der Waals surface area (Å²) in [4.78, 5) is 3.90. The van der Waals surface area contributed by atoms with Crippen molar-refractivity contribution < 1.29 is 21.6 Å². The van der Waals surface area contributed by atoms with E-state index in [-0.39, 0.29) is 33.4 Å². The summed E-state index contributed by atoms with van der Waals surface area (Å²) in [6.45, 7) is 2.75. The van der Waals surface area contributed by atoms with Gasteiger partial charge in [0, 0.05) is 30.1 Å². The molecule has 3 aromatic rings. The molecule has 0 spiro atoms. The molecule has 1 fully saturated rings. The van der Waals surface area contributed by atoms with Gasteiger partial charge in [-0.05, 0) is 48.7 Å². The molecular formula is C21H22ClF3N6O2S. The number of halogens is 4. The predicted octanol–water partition coefficient (Wildman–Crippen LogP) is 3.15. The van der Waals surface area contributed by atoms with Gasteiger partial charge >= 0.3 is 6.18 Å². The van der Waals surface area contributed by atoms with Crippen molar-refractivity contribution in [3.05, 3.63) is 58.4 Å². The van der Waals surface area contributed by atoms with Crippen LogP contribution in [0, 0.1) is 0 Å². The number of hydrogen-bond donors (Lipinski definition) is 4. The average Bonchev–Trinajstić information content (AvgIpc) is 3.15. The van der Waals surface area contributed by atoms with E-state index in [0.29, 0.717) is 30.9 Å². The van der Waals surface area contributed by atoms with Crippen molar-refractivity contribution in [2.75, 3.05) is 18.8 Å². The number of sulfonamides is 1. The highest BCUT2D eigenvalue weighted by atomic mass is 35.5. The molecule has 0 bridgehead atoms. The Kier molecular flexibility index (Phi) is 6.36. The third kappa shape index (κ3) is 5.19. The molecule has 8 nitrogen and oxygen atoms in total. The van der Waals surface area contributed by atoms with Crippen LogP contribution in [0.25, 0.3) is 11.1 Å². The maximum absolute atomic E-state index is 13.9. The van der Waals surface area contributed by atoms with Gasteiger partial charge in [0.1, 0.15) is 5.82 Å². The Morgan fingerprint density at radius 3 is 2.38 bits per heavy atom. The number of nitrogens with one attached hydrogen (secondary N) is 3. The number of aryl methyl sites for hydroxylation is 2. The summed E-state index contributed by atoms with van der Waals surface area (Å²) in [5.74, 6) is 0.502. The SMILES string of the molecule is CC1(NS(=O)(=O)c2ccc(-c3c(Cl)cc(CCc4nc(N)n[nH]4)cc3C(F)(F)F)cc2)CNC1. The number of nitrogens with two attached hydrogens (primary N) is 1. The van der Waals surface area contributed by atoms with E-state index >= 15 is 0 Å². The molecule has 182 valence electrons. The van der Waals surface area contributed by atoms with E-state index in [1.807, 2.05) is 0 Å². The van der Waals surface area contributed by atoms with Crippen LogP contribution < -0.4 is 15.8 Å². The molecule has 4 rings (SSSR count). The van der Waals surface area contributed by atoms with Gasteiger partial charge in [-0.2, -0.15) is 18.2 Å². The van der Waals surface area contributed by atoms with Crippen LogP contribution in [0.4, 0.5) is 19.1 Å². The zero-order valence-electron chi connectivity index (χ0n) is 18.0. The van der Waals surface area contributed by atoms with Crippen LogP contribution in [0.2, 0.25) is 5.02 Å². The lowest BCUT2D eigenvalue weighted by Crippen LogP contribution is -2.66. The summed E-state index contributed by atoms with van der Waals surface area (Å²) in [5.41, 5.74) is 4.24. The summed E-state index contributed by atoms with van der Waals surface area (Å²) in [6.07, 6.45) is -4.15. The van der Waals surface area contributed by atoms with Gasteiger partial charge in [0.25, 0.3) is 0 Å². The van der Waals surface area contributed by atoms with Crippen molar-refractivity contribution in [2.45, 2.75) is 36.4 Å². The van der Waals surface area contributed by atoms with Gasteiger partial charge in [-0.15, -0.1) is 5.10 Å². The molecule has 2 heterocycles. The minimum Gasteiger partial charge on any atom is -0.367 e. The quantitative estimate of drug-likeness (QED) is 0.384. The Morgan fingerprint density at radius 2 is 1.85 bits per heavy atom. The van der Waals surface area contributed by atoms with Crippen LogP contribution in [-0.2, 0) is 29.0 Å². The number of alkyl halides is 3. The molecule has 34 heavy (non-hydrogen) atoms. The normalized spacial score (nSPS) is 15.8. The molecule has 0 saturated carbocycles. The Morgan fingerprint density at radius 1 is 1.18 bits per heavy atom. The fraction of sp³-hybridized carbons (Fsp3) is 0.333. The van der Waals surface area contributed by atoms with E-state index in [4.69, 9.17) is 17.3 Å². The first kappa shape index (κ1) is 24.5. The van der Waals surface area contributed by atoms with E-state index in [2.05, 4.69) is 25.2 Å².